The Hall–Kier alpha value is -3.17. The molecule has 1 aliphatic heterocycles. The van der Waals surface area contributed by atoms with Crippen LogP contribution in [0.3, 0.4) is 0 Å². The Balaban J connectivity index is 1.74. The average molecular weight is 444 g/mol. The molecular weight excluding hydrogens is 426 g/mol. The van der Waals surface area contributed by atoms with Gasteiger partial charge in [-0.3, -0.25) is 14.5 Å². The minimum atomic E-state index is -1.06. The van der Waals surface area contributed by atoms with E-state index in [4.69, 9.17) is 27.2 Å². The second-order valence-corrected chi connectivity index (χ2v) is 8.10. The third kappa shape index (κ3) is 5.05. The van der Waals surface area contributed by atoms with Crippen molar-refractivity contribution in [3.63, 3.8) is 0 Å². The number of carbonyl (C=O) groups excluding carboxylic acids is 1. The predicted molar refractivity (Wildman–Crippen MR) is 118 cm³/mol. The maximum Gasteiger partial charge on any atom is 0.344 e. The molecular formula is C21H17NO6S2. The van der Waals surface area contributed by atoms with Crippen molar-refractivity contribution in [2.75, 3.05) is 4.90 Å². The van der Waals surface area contributed by atoms with Crippen LogP contribution in [0.15, 0.2) is 53.4 Å². The molecule has 1 heterocycles. The number of hydrogen-bond acceptors (Lipinski definition) is 6. The van der Waals surface area contributed by atoms with E-state index in [0.29, 0.717) is 26.2 Å². The Kier molecular flexibility index (Phi) is 6.53. The fraction of sp³-hybridized carbons (Fsp3) is 0.143. The number of rotatable bonds is 7. The average Bonchev–Trinajstić information content (AvgIpc) is 2.97. The van der Waals surface area contributed by atoms with E-state index < -0.39 is 18.0 Å². The molecule has 7 nitrogen and oxygen atoms in total. The van der Waals surface area contributed by atoms with Crippen molar-refractivity contribution in [1.82, 2.24) is 0 Å². The van der Waals surface area contributed by atoms with Gasteiger partial charge in [0, 0.05) is 0 Å². The lowest BCUT2D eigenvalue weighted by molar-refractivity contribution is -0.144. The number of aliphatic carboxylic acids is 2. The van der Waals surface area contributed by atoms with Gasteiger partial charge in [-0.05, 0) is 48.4 Å². The Morgan fingerprint density at radius 3 is 2.33 bits per heavy atom. The van der Waals surface area contributed by atoms with Crippen LogP contribution < -0.4 is 9.64 Å². The summed E-state index contributed by atoms with van der Waals surface area (Å²) in [6.45, 7) is 1.44. The summed E-state index contributed by atoms with van der Waals surface area (Å²) in [6.07, 6.45) is 0.639. The highest BCUT2D eigenvalue weighted by Crippen LogP contribution is 2.36. The van der Waals surface area contributed by atoms with Gasteiger partial charge in [0.05, 0.1) is 17.0 Å². The van der Waals surface area contributed by atoms with Crippen LogP contribution in [0.2, 0.25) is 0 Å². The van der Waals surface area contributed by atoms with Crippen LogP contribution in [0.4, 0.5) is 5.69 Å². The fourth-order valence-corrected chi connectivity index (χ4v) is 3.98. The molecule has 154 valence electrons. The molecule has 2 aromatic rings. The Morgan fingerprint density at radius 2 is 1.77 bits per heavy atom. The van der Waals surface area contributed by atoms with Crippen molar-refractivity contribution in [1.29, 1.82) is 0 Å². The lowest BCUT2D eigenvalue weighted by Gasteiger charge is -2.14. The molecule has 1 unspecified atom stereocenters. The molecule has 0 aromatic heterocycles. The van der Waals surface area contributed by atoms with E-state index in [0.717, 1.165) is 5.56 Å². The van der Waals surface area contributed by atoms with Gasteiger partial charge in [0.25, 0.3) is 5.91 Å². The van der Waals surface area contributed by atoms with Crippen LogP contribution >= 0.6 is 24.0 Å². The normalized spacial score (nSPS) is 16.0. The molecule has 1 fully saturated rings. The Labute approximate surface area is 182 Å². The van der Waals surface area contributed by atoms with Gasteiger partial charge in [0.2, 0.25) is 0 Å². The zero-order valence-electron chi connectivity index (χ0n) is 15.8. The summed E-state index contributed by atoms with van der Waals surface area (Å²) < 4.78 is 5.67. The number of anilines is 1. The van der Waals surface area contributed by atoms with Gasteiger partial charge in [0.15, 0.2) is 10.4 Å². The predicted octanol–water partition coefficient (Wildman–Crippen LogP) is 3.57. The molecule has 2 aromatic carbocycles. The molecule has 0 radical (unpaired) electrons. The molecule has 30 heavy (non-hydrogen) atoms. The summed E-state index contributed by atoms with van der Waals surface area (Å²) in [7, 11) is 0. The third-order valence-electron chi connectivity index (χ3n) is 4.18. The van der Waals surface area contributed by atoms with Gasteiger partial charge < -0.3 is 14.9 Å². The molecule has 1 atom stereocenters. The van der Waals surface area contributed by atoms with E-state index >= 15 is 0 Å². The largest absolute Gasteiger partial charge is 0.481 e. The first-order valence-electron chi connectivity index (χ1n) is 8.83. The minimum Gasteiger partial charge on any atom is -0.481 e. The van der Waals surface area contributed by atoms with Crippen molar-refractivity contribution in [3.05, 3.63) is 64.6 Å². The highest BCUT2D eigenvalue weighted by atomic mass is 32.2. The number of nitrogens with zero attached hydrogens (tertiary/aromatic N) is 1. The van der Waals surface area contributed by atoms with Crippen molar-refractivity contribution in [3.8, 4) is 5.75 Å². The van der Waals surface area contributed by atoms with Gasteiger partial charge in [-0.1, -0.05) is 48.2 Å². The van der Waals surface area contributed by atoms with E-state index in [1.54, 1.807) is 54.6 Å². The fourth-order valence-electron chi connectivity index (χ4n) is 2.68. The zero-order chi connectivity index (χ0) is 21.8. The van der Waals surface area contributed by atoms with Gasteiger partial charge in [-0.15, -0.1) is 0 Å². The SMILES string of the molecule is CC(Oc1ccc(/C=C2\SC(=S)N(c3ccc(CC(=O)O)cc3)C2=O)cc1)C(=O)O. The molecule has 1 saturated heterocycles. The van der Waals surface area contributed by atoms with Gasteiger partial charge in [-0.2, -0.15) is 0 Å². The third-order valence-corrected chi connectivity index (χ3v) is 5.48. The van der Waals surface area contributed by atoms with Crippen molar-refractivity contribution < 1.29 is 29.3 Å². The lowest BCUT2D eigenvalue weighted by atomic mass is 10.1. The Bertz CT molecular complexity index is 1030. The molecule has 3 rings (SSSR count). The maximum absolute atomic E-state index is 12.8. The summed E-state index contributed by atoms with van der Waals surface area (Å²) in [6, 6.07) is 13.4. The van der Waals surface area contributed by atoms with Crippen LogP contribution in [0.1, 0.15) is 18.1 Å². The molecule has 1 amide bonds. The number of benzene rings is 2. The van der Waals surface area contributed by atoms with E-state index in [1.807, 2.05) is 0 Å². The highest BCUT2D eigenvalue weighted by molar-refractivity contribution is 8.27. The van der Waals surface area contributed by atoms with E-state index in [-0.39, 0.29) is 12.3 Å². The smallest absolute Gasteiger partial charge is 0.344 e. The highest BCUT2D eigenvalue weighted by Gasteiger charge is 2.33. The standard InChI is InChI=1S/C21H17NO6S2/c1-12(20(26)27)28-16-8-4-13(5-9-16)10-17-19(25)22(21(29)30-17)15-6-2-14(3-7-15)11-18(23)24/h2-10,12H,11H2,1H3,(H,23,24)(H,26,27)/b17-10-. The number of hydrogen-bond donors (Lipinski definition) is 2. The first kappa shape index (κ1) is 21.5. The van der Waals surface area contributed by atoms with E-state index in [1.165, 1.54) is 23.6 Å². The summed E-state index contributed by atoms with van der Waals surface area (Å²) in [5, 5.41) is 17.8. The van der Waals surface area contributed by atoms with Crippen LogP contribution in [0, 0.1) is 0 Å². The topological polar surface area (TPSA) is 104 Å². The number of ether oxygens (including phenoxy) is 1. The van der Waals surface area contributed by atoms with Crippen LogP contribution in [0.5, 0.6) is 5.75 Å². The molecule has 0 aliphatic carbocycles. The zero-order valence-corrected chi connectivity index (χ0v) is 17.4. The van der Waals surface area contributed by atoms with Gasteiger partial charge in [-0.25, -0.2) is 4.79 Å². The van der Waals surface area contributed by atoms with Gasteiger partial charge >= 0.3 is 11.9 Å². The van der Waals surface area contributed by atoms with Crippen molar-refractivity contribution in [2.45, 2.75) is 19.4 Å². The van der Waals surface area contributed by atoms with E-state index in [2.05, 4.69) is 0 Å². The number of carbonyl (C=O) groups is 3. The Morgan fingerprint density at radius 1 is 1.13 bits per heavy atom. The summed E-state index contributed by atoms with van der Waals surface area (Å²) in [5.41, 5.74) is 1.94. The number of carboxylic acids is 2. The minimum absolute atomic E-state index is 0.0937. The summed E-state index contributed by atoms with van der Waals surface area (Å²) in [5.74, 6) is -1.84. The van der Waals surface area contributed by atoms with E-state index in [9.17, 15) is 14.4 Å². The molecule has 0 saturated carbocycles. The van der Waals surface area contributed by atoms with Crippen molar-refractivity contribution in [2.24, 2.45) is 0 Å². The first-order chi connectivity index (χ1) is 14.2. The number of carboxylic acid groups (broad SMARTS) is 2. The molecule has 9 heteroatoms. The number of thiocarbonyl (C=S) groups is 1. The molecule has 1 aliphatic rings. The maximum atomic E-state index is 12.8. The summed E-state index contributed by atoms with van der Waals surface area (Å²) in [4.78, 5) is 36.4. The monoisotopic (exact) mass is 443 g/mol. The quantitative estimate of drug-likeness (QED) is 0.494. The number of amides is 1. The molecule has 0 bridgehead atoms. The lowest BCUT2D eigenvalue weighted by Crippen LogP contribution is -2.27. The first-order valence-corrected chi connectivity index (χ1v) is 10.1. The van der Waals surface area contributed by atoms with Gasteiger partial charge in [0.1, 0.15) is 5.75 Å². The summed E-state index contributed by atoms with van der Waals surface area (Å²) >= 11 is 6.52. The van der Waals surface area contributed by atoms with Crippen molar-refractivity contribution >= 4 is 57.9 Å². The second-order valence-electron chi connectivity index (χ2n) is 6.42. The van der Waals surface area contributed by atoms with Crippen LogP contribution in [0.25, 0.3) is 6.08 Å². The van der Waals surface area contributed by atoms with Crippen LogP contribution in [-0.4, -0.2) is 38.5 Å². The molecule has 2 N–H and O–H groups in total. The molecule has 0 spiro atoms. The van der Waals surface area contributed by atoms with Crippen LogP contribution in [-0.2, 0) is 20.8 Å². The second kappa shape index (κ2) is 9.10. The number of thioether (sulfide) groups is 1.